The van der Waals surface area contributed by atoms with Gasteiger partial charge in [0.15, 0.2) is 0 Å². The van der Waals surface area contributed by atoms with E-state index in [1.54, 1.807) is 6.08 Å². The summed E-state index contributed by atoms with van der Waals surface area (Å²) >= 11 is 3.47. The second kappa shape index (κ2) is 7.25. The molecule has 1 saturated heterocycles. The van der Waals surface area contributed by atoms with Crippen molar-refractivity contribution in [2.75, 3.05) is 0 Å². The van der Waals surface area contributed by atoms with E-state index in [1.807, 2.05) is 77.5 Å². The van der Waals surface area contributed by atoms with Crippen LogP contribution in [0.5, 0.6) is 0 Å². The number of aromatic nitrogens is 1. The molecule has 0 unspecified atom stereocenters. The molecule has 0 bridgehead atoms. The third-order valence-electron chi connectivity index (χ3n) is 4.30. The number of benzene rings is 2. The van der Waals surface area contributed by atoms with Crippen LogP contribution >= 0.6 is 15.9 Å². The minimum absolute atomic E-state index is 0.246. The molecule has 3 aromatic rings. The summed E-state index contributed by atoms with van der Waals surface area (Å²) in [6.45, 7) is 0.246. The molecule has 0 aliphatic carbocycles. The third kappa shape index (κ3) is 3.57. The van der Waals surface area contributed by atoms with Crippen molar-refractivity contribution < 1.29 is 9.59 Å². The van der Waals surface area contributed by atoms with Crippen LogP contribution in [-0.2, 0) is 11.3 Å². The Balaban J connectivity index is 1.62. The van der Waals surface area contributed by atoms with Crippen molar-refractivity contribution in [2.45, 2.75) is 6.54 Å². The van der Waals surface area contributed by atoms with Gasteiger partial charge in [0.05, 0.1) is 6.54 Å². The van der Waals surface area contributed by atoms with E-state index >= 15 is 0 Å². The second-order valence-corrected chi connectivity index (χ2v) is 7.06. The highest BCUT2D eigenvalue weighted by molar-refractivity contribution is 9.10. The quantitative estimate of drug-likeness (QED) is 0.503. The van der Waals surface area contributed by atoms with Crippen LogP contribution in [-0.4, -0.2) is 21.4 Å². The molecule has 0 saturated carbocycles. The highest BCUT2D eigenvalue weighted by Gasteiger charge is 2.33. The first kappa shape index (κ1) is 17.3. The van der Waals surface area contributed by atoms with Gasteiger partial charge in [0.1, 0.15) is 5.70 Å². The summed E-state index contributed by atoms with van der Waals surface area (Å²) in [4.78, 5) is 26.2. The van der Waals surface area contributed by atoms with E-state index in [9.17, 15) is 9.59 Å². The first-order valence-corrected chi connectivity index (χ1v) is 9.23. The van der Waals surface area contributed by atoms with Gasteiger partial charge in [-0.2, -0.15) is 0 Å². The smallest absolute Gasteiger partial charge is 0.317 e. The zero-order valence-corrected chi connectivity index (χ0v) is 15.9. The number of imide groups is 1. The van der Waals surface area contributed by atoms with Gasteiger partial charge in [-0.1, -0.05) is 52.3 Å². The summed E-state index contributed by atoms with van der Waals surface area (Å²) in [5, 5.41) is 2.68. The van der Waals surface area contributed by atoms with Gasteiger partial charge in [-0.3, -0.25) is 9.69 Å². The van der Waals surface area contributed by atoms with Gasteiger partial charge in [0.2, 0.25) is 0 Å². The largest absolute Gasteiger partial charge is 0.329 e. The lowest BCUT2D eigenvalue weighted by atomic mass is 10.2. The van der Waals surface area contributed by atoms with Gasteiger partial charge >= 0.3 is 6.03 Å². The van der Waals surface area contributed by atoms with Crippen LogP contribution in [0.3, 0.4) is 0 Å². The molecule has 1 aliphatic heterocycles. The van der Waals surface area contributed by atoms with Crippen molar-refractivity contribution in [3.05, 3.63) is 94.4 Å². The van der Waals surface area contributed by atoms with E-state index in [0.29, 0.717) is 0 Å². The summed E-state index contributed by atoms with van der Waals surface area (Å²) in [6.07, 6.45) is 3.61. The minimum Gasteiger partial charge on any atom is -0.317 e. The Kier molecular flexibility index (Phi) is 4.64. The van der Waals surface area contributed by atoms with E-state index in [0.717, 1.165) is 21.4 Å². The lowest BCUT2D eigenvalue weighted by Gasteiger charge is -2.11. The van der Waals surface area contributed by atoms with Crippen molar-refractivity contribution in [3.63, 3.8) is 0 Å². The predicted octanol–water partition coefficient (Wildman–Crippen LogP) is 4.33. The molecule has 0 radical (unpaired) electrons. The molecule has 6 heteroatoms. The maximum atomic E-state index is 12.7. The first-order valence-electron chi connectivity index (χ1n) is 8.43. The van der Waals surface area contributed by atoms with Crippen LogP contribution in [0.1, 0.15) is 11.3 Å². The fraction of sp³-hybridized carbons (Fsp3) is 0.0476. The Morgan fingerprint density at radius 1 is 0.963 bits per heavy atom. The molecule has 0 atom stereocenters. The fourth-order valence-electron chi connectivity index (χ4n) is 3.00. The van der Waals surface area contributed by atoms with Gasteiger partial charge in [0, 0.05) is 22.1 Å². The predicted molar refractivity (Wildman–Crippen MR) is 107 cm³/mol. The third-order valence-corrected chi connectivity index (χ3v) is 4.80. The van der Waals surface area contributed by atoms with Crippen molar-refractivity contribution in [1.82, 2.24) is 14.8 Å². The summed E-state index contributed by atoms with van der Waals surface area (Å²) in [7, 11) is 0. The number of urea groups is 1. The summed E-state index contributed by atoms with van der Waals surface area (Å²) in [5.74, 6) is -0.328. The van der Waals surface area contributed by atoms with Crippen molar-refractivity contribution in [2.24, 2.45) is 0 Å². The zero-order valence-electron chi connectivity index (χ0n) is 14.3. The van der Waals surface area contributed by atoms with E-state index in [1.165, 1.54) is 4.90 Å². The summed E-state index contributed by atoms with van der Waals surface area (Å²) in [5.41, 5.74) is 2.93. The fourth-order valence-corrected chi connectivity index (χ4v) is 3.39. The molecule has 3 amide bonds. The Hall–Kier alpha value is -3.12. The minimum atomic E-state index is -0.407. The van der Waals surface area contributed by atoms with Crippen LogP contribution in [0, 0.1) is 0 Å². The van der Waals surface area contributed by atoms with Gasteiger partial charge in [-0.25, -0.2) is 4.79 Å². The second-order valence-electron chi connectivity index (χ2n) is 6.15. The van der Waals surface area contributed by atoms with Gasteiger partial charge < -0.3 is 9.88 Å². The van der Waals surface area contributed by atoms with E-state index in [2.05, 4.69) is 21.2 Å². The highest BCUT2D eigenvalue weighted by Crippen LogP contribution is 2.21. The number of rotatable bonds is 4. The van der Waals surface area contributed by atoms with Crippen LogP contribution in [0.25, 0.3) is 11.8 Å². The van der Waals surface area contributed by atoms with Gasteiger partial charge in [0.25, 0.3) is 5.91 Å². The average Bonchev–Trinajstić information content (AvgIpc) is 3.23. The zero-order chi connectivity index (χ0) is 18.8. The van der Waals surface area contributed by atoms with Crippen molar-refractivity contribution in [3.8, 4) is 5.69 Å². The van der Waals surface area contributed by atoms with Crippen LogP contribution in [0.4, 0.5) is 4.79 Å². The number of hydrogen-bond donors (Lipinski definition) is 1. The molecular weight excluding hydrogens is 406 g/mol. The van der Waals surface area contributed by atoms with Crippen molar-refractivity contribution in [1.29, 1.82) is 0 Å². The summed E-state index contributed by atoms with van der Waals surface area (Å²) in [6, 6.07) is 20.7. The molecule has 5 nitrogen and oxygen atoms in total. The molecule has 1 aromatic heterocycles. The number of halogens is 1. The van der Waals surface area contributed by atoms with Crippen LogP contribution in [0.15, 0.2) is 83.1 Å². The molecular formula is C21H16BrN3O2. The molecule has 134 valence electrons. The number of hydrogen-bond acceptors (Lipinski definition) is 2. The number of carbonyl (C=O) groups excluding carboxylic acids is 2. The lowest BCUT2D eigenvalue weighted by molar-refractivity contribution is -0.123. The first-order chi connectivity index (χ1) is 13.1. The summed E-state index contributed by atoms with van der Waals surface area (Å²) < 4.78 is 2.92. The average molecular weight is 422 g/mol. The number of nitrogens with zero attached hydrogens (tertiary/aromatic N) is 2. The molecule has 2 aromatic carbocycles. The maximum absolute atomic E-state index is 12.7. The Morgan fingerprint density at radius 3 is 2.56 bits per heavy atom. The van der Waals surface area contributed by atoms with E-state index in [4.69, 9.17) is 0 Å². The maximum Gasteiger partial charge on any atom is 0.329 e. The Morgan fingerprint density at radius 2 is 1.78 bits per heavy atom. The Bertz CT molecular complexity index is 1040. The van der Waals surface area contributed by atoms with E-state index < -0.39 is 6.03 Å². The van der Waals surface area contributed by atoms with Gasteiger partial charge in [-0.15, -0.1) is 0 Å². The highest BCUT2D eigenvalue weighted by atomic mass is 79.9. The van der Waals surface area contributed by atoms with E-state index in [-0.39, 0.29) is 18.1 Å². The topological polar surface area (TPSA) is 54.3 Å². The molecule has 2 heterocycles. The van der Waals surface area contributed by atoms with Crippen LogP contribution < -0.4 is 5.32 Å². The number of nitrogens with one attached hydrogen (secondary N) is 1. The van der Waals surface area contributed by atoms with Gasteiger partial charge in [-0.05, 0) is 42.0 Å². The standard InChI is InChI=1S/C21H16BrN3O2/c22-16-8-4-9-17(12-16)24-11-5-10-18(24)13-19-20(26)25(21(27)23-19)14-15-6-2-1-3-7-15/h1-13H,14H2,(H,23,27)/b19-13+. The van der Waals surface area contributed by atoms with Crippen LogP contribution in [0.2, 0.25) is 0 Å². The SMILES string of the molecule is O=C1N/C(=C/c2cccn2-c2cccc(Br)c2)C(=O)N1Cc1ccccc1. The lowest BCUT2D eigenvalue weighted by Crippen LogP contribution is -2.30. The molecule has 1 N–H and O–H groups in total. The van der Waals surface area contributed by atoms with Crippen molar-refractivity contribution >= 4 is 33.9 Å². The normalized spacial score (nSPS) is 15.4. The molecule has 1 aliphatic rings. The monoisotopic (exact) mass is 421 g/mol. The molecule has 0 spiro atoms. The molecule has 27 heavy (non-hydrogen) atoms. The number of amides is 3. The number of carbonyl (C=O) groups is 2. The Labute approximate surface area is 165 Å². The molecule has 1 fully saturated rings. The molecule has 4 rings (SSSR count).